The van der Waals surface area contributed by atoms with Gasteiger partial charge in [-0.05, 0) is 42.7 Å². The molecule has 0 spiro atoms. The van der Waals surface area contributed by atoms with E-state index in [2.05, 4.69) is 26.4 Å². The molecule has 2 aromatic heterocycles. The second-order valence-electron chi connectivity index (χ2n) is 9.90. The van der Waals surface area contributed by atoms with Crippen LogP contribution < -0.4 is 15.6 Å². The maximum absolute atomic E-state index is 13.4. The van der Waals surface area contributed by atoms with Gasteiger partial charge in [0.05, 0.1) is 16.3 Å². The number of aromatic amines is 1. The summed E-state index contributed by atoms with van der Waals surface area (Å²) >= 11 is 12.7. The largest absolute Gasteiger partial charge is 0.486 e. The first-order chi connectivity index (χ1) is 19.4. The van der Waals surface area contributed by atoms with E-state index >= 15 is 0 Å². The molecule has 5 aromatic rings. The molecule has 0 unspecified atom stereocenters. The van der Waals surface area contributed by atoms with Crippen LogP contribution in [0.25, 0.3) is 17.2 Å². The Labute approximate surface area is 239 Å². The van der Waals surface area contributed by atoms with E-state index in [9.17, 15) is 9.59 Å². The van der Waals surface area contributed by atoms with Crippen molar-refractivity contribution in [2.24, 2.45) is 0 Å². The second kappa shape index (κ2) is 10.8. The van der Waals surface area contributed by atoms with E-state index in [1.807, 2.05) is 48.5 Å². The first-order valence-corrected chi connectivity index (χ1v) is 13.7. The molecule has 1 fully saturated rings. The minimum atomic E-state index is -0.349. The van der Waals surface area contributed by atoms with Crippen LogP contribution in [0.15, 0.2) is 83.7 Å². The maximum Gasteiger partial charge on any atom is 0.276 e. The third-order valence-electron chi connectivity index (χ3n) is 7.34. The standard InChI is InChI=1S/C30H25Cl2N5O3/c31-21-10-4-9-20(15-21)30(13-6-14-30)18-33-28(39)26-23(32)11-5-12-24(26)40-17-22-16-25(38)37-29(34-22)35-27(36-37)19-7-2-1-3-8-19/h1-5,7-12,15-16H,6,13-14,17-18H2,(H,33,39)(H,34,35,36). The number of carbonyl (C=O) groups excluding carboxylic acids is 1. The Morgan fingerprint density at radius 3 is 2.58 bits per heavy atom. The highest BCUT2D eigenvalue weighted by atomic mass is 35.5. The van der Waals surface area contributed by atoms with Crippen molar-refractivity contribution in [1.82, 2.24) is 24.9 Å². The van der Waals surface area contributed by atoms with Gasteiger partial charge >= 0.3 is 0 Å². The summed E-state index contributed by atoms with van der Waals surface area (Å²) in [7, 11) is 0. The molecule has 2 heterocycles. The Morgan fingerprint density at radius 1 is 1.02 bits per heavy atom. The molecule has 0 saturated heterocycles. The summed E-state index contributed by atoms with van der Waals surface area (Å²) in [5, 5.41) is 8.33. The molecule has 1 aliphatic carbocycles. The van der Waals surface area contributed by atoms with E-state index < -0.39 is 0 Å². The predicted octanol–water partition coefficient (Wildman–Crippen LogP) is 5.82. The van der Waals surface area contributed by atoms with Crippen molar-refractivity contribution in [3.05, 3.63) is 116 Å². The average molecular weight is 574 g/mol. The highest BCUT2D eigenvalue weighted by Gasteiger charge is 2.39. The zero-order chi connectivity index (χ0) is 27.7. The number of H-pyrrole nitrogens is 1. The van der Waals surface area contributed by atoms with Crippen LogP contribution in [0.3, 0.4) is 0 Å². The van der Waals surface area contributed by atoms with E-state index in [0.717, 1.165) is 30.4 Å². The van der Waals surface area contributed by atoms with Crippen molar-refractivity contribution in [2.75, 3.05) is 6.54 Å². The monoisotopic (exact) mass is 573 g/mol. The van der Waals surface area contributed by atoms with Crippen LogP contribution in [-0.2, 0) is 12.0 Å². The molecule has 2 N–H and O–H groups in total. The van der Waals surface area contributed by atoms with Gasteiger partial charge in [-0.3, -0.25) is 9.59 Å². The predicted molar refractivity (Wildman–Crippen MR) is 154 cm³/mol. The Kier molecular flexibility index (Phi) is 7.04. The second-order valence-corrected chi connectivity index (χ2v) is 10.7. The third kappa shape index (κ3) is 5.08. The number of hydrogen-bond donors (Lipinski definition) is 2. The zero-order valence-electron chi connectivity index (χ0n) is 21.4. The molecular formula is C30H25Cl2N5O3. The van der Waals surface area contributed by atoms with Crippen molar-refractivity contribution < 1.29 is 9.53 Å². The minimum absolute atomic E-state index is 0.00759. The average Bonchev–Trinajstić information content (AvgIpc) is 3.37. The molecule has 1 aliphatic rings. The number of halogens is 2. The van der Waals surface area contributed by atoms with Crippen LogP contribution in [-0.4, -0.2) is 32.0 Å². The van der Waals surface area contributed by atoms with Gasteiger partial charge in [-0.25, -0.2) is 0 Å². The fraction of sp³-hybridized carbons (Fsp3) is 0.200. The van der Waals surface area contributed by atoms with Crippen LogP contribution in [0, 0.1) is 0 Å². The number of nitrogens with zero attached hydrogens (tertiary/aromatic N) is 3. The Morgan fingerprint density at radius 2 is 1.82 bits per heavy atom. The summed E-state index contributed by atoms with van der Waals surface area (Å²) in [5.41, 5.74) is 2.12. The number of amides is 1. The molecule has 1 amide bonds. The van der Waals surface area contributed by atoms with Crippen LogP contribution in [0.4, 0.5) is 0 Å². The normalized spacial score (nSPS) is 14.1. The van der Waals surface area contributed by atoms with E-state index in [0.29, 0.717) is 34.6 Å². The lowest BCUT2D eigenvalue weighted by molar-refractivity contribution is 0.0923. The van der Waals surface area contributed by atoms with Gasteiger partial charge in [0, 0.05) is 28.6 Å². The Balaban J connectivity index is 1.20. The van der Waals surface area contributed by atoms with Crippen molar-refractivity contribution in [1.29, 1.82) is 0 Å². The Bertz CT molecular complexity index is 1760. The lowest BCUT2D eigenvalue weighted by Crippen LogP contribution is -2.45. The van der Waals surface area contributed by atoms with E-state index in [1.54, 1.807) is 18.2 Å². The topological polar surface area (TPSA) is 101 Å². The zero-order valence-corrected chi connectivity index (χ0v) is 22.9. The van der Waals surface area contributed by atoms with E-state index in [1.165, 1.54) is 10.6 Å². The summed E-state index contributed by atoms with van der Waals surface area (Å²) in [4.78, 5) is 33.6. The van der Waals surface area contributed by atoms with Gasteiger partial charge < -0.3 is 15.0 Å². The van der Waals surface area contributed by atoms with Crippen LogP contribution in [0.1, 0.15) is 40.9 Å². The van der Waals surface area contributed by atoms with Crippen molar-refractivity contribution in [3.63, 3.8) is 0 Å². The molecule has 0 atom stereocenters. The maximum atomic E-state index is 13.4. The number of carbonyl (C=O) groups is 1. The minimum Gasteiger partial charge on any atom is -0.486 e. The molecule has 0 radical (unpaired) electrons. The van der Waals surface area contributed by atoms with Crippen LogP contribution >= 0.6 is 23.2 Å². The smallest absolute Gasteiger partial charge is 0.276 e. The number of ether oxygens (including phenoxy) is 1. The van der Waals surface area contributed by atoms with Gasteiger partial charge in [0.15, 0.2) is 5.82 Å². The third-order valence-corrected chi connectivity index (χ3v) is 7.89. The number of nitrogens with one attached hydrogen (secondary N) is 2. The molecule has 1 saturated carbocycles. The molecule has 3 aromatic carbocycles. The summed E-state index contributed by atoms with van der Waals surface area (Å²) in [6.07, 6.45) is 3.01. The van der Waals surface area contributed by atoms with Crippen LogP contribution in [0.5, 0.6) is 5.75 Å². The van der Waals surface area contributed by atoms with Crippen molar-refractivity contribution in [2.45, 2.75) is 31.3 Å². The molecule has 10 heteroatoms. The summed E-state index contributed by atoms with van der Waals surface area (Å²) in [6, 6.07) is 23.6. The fourth-order valence-electron chi connectivity index (χ4n) is 5.05. The van der Waals surface area contributed by atoms with Gasteiger partial charge in [-0.15, -0.1) is 5.10 Å². The molecule has 40 heavy (non-hydrogen) atoms. The van der Waals surface area contributed by atoms with E-state index in [4.69, 9.17) is 27.9 Å². The van der Waals surface area contributed by atoms with Crippen LogP contribution in [0.2, 0.25) is 10.0 Å². The van der Waals surface area contributed by atoms with Gasteiger partial charge in [-0.2, -0.15) is 9.50 Å². The van der Waals surface area contributed by atoms with E-state index in [-0.39, 0.29) is 34.1 Å². The highest BCUT2D eigenvalue weighted by molar-refractivity contribution is 6.34. The van der Waals surface area contributed by atoms with Crippen molar-refractivity contribution in [3.8, 4) is 17.1 Å². The molecule has 0 aliphatic heterocycles. The number of fused-ring (bicyclic) bond motifs is 1. The van der Waals surface area contributed by atoms with Crippen molar-refractivity contribution >= 4 is 34.9 Å². The van der Waals surface area contributed by atoms with Gasteiger partial charge in [0.1, 0.15) is 12.4 Å². The molecular weight excluding hydrogens is 549 g/mol. The molecule has 8 nitrogen and oxygen atoms in total. The first-order valence-electron chi connectivity index (χ1n) is 12.9. The summed E-state index contributed by atoms with van der Waals surface area (Å²) in [5.74, 6) is 0.703. The summed E-state index contributed by atoms with van der Waals surface area (Å²) < 4.78 is 7.21. The lowest BCUT2D eigenvalue weighted by atomic mass is 9.64. The number of benzene rings is 3. The molecule has 0 bridgehead atoms. The summed E-state index contributed by atoms with van der Waals surface area (Å²) in [6.45, 7) is 0.448. The van der Waals surface area contributed by atoms with Gasteiger partial charge in [0.25, 0.3) is 11.5 Å². The highest BCUT2D eigenvalue weighted by Crippen LogP contribution is 2.44. The first kappa shape index (κ1) is 26.1. The lowest BCUT2D eigenvalue weighted by Gasteiger charge is -2.42. The van der Waals surface area contributed by atoms with Gasteiger partial charge in [-0.1, -0.05) is 78.2 Å². The Hall–Kier alpha value is -4.14. The molecule has 202 valence electrons. The number of rotatable bonds is 8. The number of aromatic nitrogens is 4. The quantitative estimate of drug-likeness (QED) is 0.243. The molecule has 6 rings (SSSR count). The number of hydrogen-bond acceptors (Lipinski definition) is 5. The fourth-order valence-corrected chi connectivity index (χ4v) is 5.49. The SMILES string of the molecule is O=C(NCC1(c2cccc(Cl)c2)CCC1)c1c(Cl)cccc1OCc1cc(=O)n2nc(-c3ccccc3)nc2[nH]1. The van der Waals surface area contributed by atoms with Gasteiger partial charge in [0.2, 0.25) is 5.78 Å².